The van der Waals surface area contributed by atoms with Crippen LogP contribution in [0, 0.1) is 0 Å². The van der Waals surface area contributed by atoms with Crippen molar-refractivity contribution in [2.75, 3.05) is 19.5 Å². The Hall–Kier alpha value is -2.99. The molecule has 1 amide bonds. The van der Waals surface area contributed by atoms with E-state index in [0.29, 0.717) is 34.4 Å². The monoisotopic (exact) mass is 371 g/mol. The minimum Gasteiger partial charge on any atom is -0.493 e. The molecule has 0 fully saturated rings. The molecular weight excluding hydrogens is 354 g/mol. The van der Waals surface area contributed by atoms with Crippen molar-refractivity contribution >= 4 is 23.3 Å². The van der Waals surface area contributed by atoms with E-state index >= 15 is 0 Å². The van der Waals surface area contributed by atoms with Gasteiger partial charge in [-0.25, -0.2) is 0 Å². The Kier molecular flexibility index (Phi) is 5.43. The van der Waals surface area contributed by atoms with Gasteiger partial charge in [0.05, 0.1) is 20.8 Å². The summed E-state index contributed by atoms with van der Waals surface area (Å²) < 4.78 is 12.1. The summed E-state index contributed by atoms with van der Waals surface area (Å²) in [5, 5.41) is 7.44. The van der Waals surface area contributed by atoms with Gasteiger partial charge in [-0.15, -0.1) is 0 Å². The fourth-order valence-corrected chi connectivity index (χ4v) is 2.69. The molecule has 0 spiro atoms. The van der Waals surface area contributed by atoms with Crippen LogP contribution in [0.1, 0.15) is 15.9 Å². The largest absolute Gasteiger partial charge is 0.493 e. The topological polar surface area (TPSA) is 65.4 Å². The lowest BCUT2D eigenvalue weighted by Gasteiger charge is -2.09. The molecule has 0 aliphatic carbocycles. The molecule has 0 atom stereocenters. The number of nitrogens with zero attached hydrogens (tertiary/aromatic N) is 2. The molecule has 3 aromatic rings. The first-order valence-corrected chi connectivity index (χ1v) is 8.28. The van der Waals surface area contributed by atoms with Crippen LogP contribution in [-0.4, -0.2) is 29.9 Å². The first kappa shape index (κ1) is 17.8. The van der Waals surface area contributed by atoms with Gasteiger partial charge in [0.25, 0.3) is 5.91 Å². The number of rotatable bonds is 6. The van der Waals surface area contributed by atoms with E-state index in [1.165, 1.54) is 14.2 Å². The highest BCUT2D eigenvalue weighted by molar-refractivity contribution is 6.33. The van der Waals surface area contributed by atoms with E-state index in [1.807, 2.05) is 30.3 Å². The molecule has 2 aromatic carbocycles. The summed E-state index contributed by atoms with van der Waals surface area (Å²) in [4.78, 5) is 12.5. The number of methoxy groups -OCH3 is 2. The van der Waals surface area contributed by atoms with Crippen molar-refractivity contribution < 1.29 is 14.3 Å². The maximum Gasteiger partial charge on any atom is 0.257 e. The van der Waals surface area contributed by atoms with Crippen LogP contribution < -0.4 is 14.8 Å². The van der Waals surface area contributed by atoms with Crippen LogP contribution in [0.15, 0.2) is 54.7 Å². The number of hydrogen-bond acceptors (Lipinski definition) is 4. The standard InChI is InChI=1S/C19H18ClN3O3/c1-25-16-9-8-14(10-17(16)26-2)19(24)21-18-15(20)12-23(22-18)11-13-6-4-3-5-7-13/h3-10,12H,11H2,1-2H3,(H,21,22,24). The number of anilines is 1. The Labute approximate surface area is 156 Å². The third kappa shape index (κ3) is 3.97. The van der Waals surface area contributed by atoms with Crippen molar-refractivity contribution in [1.82, 2.24) is 9.78 Å². The molecule has 0 unspecified atom stereocenters. The fourth-order valence-electron chi connectivity index (χ4n) is 2.49. The van der Waals surface area contributed by atoms with Crippen molar-refractivity contribution in [2.45, 2.75) is 6.54 Å². The van der Waals surface area contributed by atoms with E-state index in [0.717, 1.165) is 5.56 Å². The normalized spacial score (nSPS) is 10.4. The molecule has 0 aliphatic heterocycles. The fraction of sp³-hybridized carbons (Fsp3) is 0.158. The van der Waals surface area contributed by atoms with Gasteiger partial charge < -0.3 is 14.8 Å². The zero-order chi connectivity index (χ0) is 18.5. The second-order valence-corrected chi connectivity index (χ2v) is 5.94. The summed E-state index contributed by atoms with van der Waals surface area (Å²) in [6.45, 7) is 0.562. The van der Waals surface area contributed by atoms with E-state index in [2.05, 4.69) is 10.4 Å². The number of carbonyl (C=O) groups excluding carboxylic acids is 1. The Morgan fingerprint density at radius 3 is 2.54 bits per heavy atom. The average molecular weight is 372 g/mol. The van der Waals surface area contributed by atoms with E-state index in [4.69, 9.17) is 21.1 Å². The first-order valence-electron chi connectivity index (χ1n) is 7.91. The molecule has 1 N–H and O–H groups in total. The SMILES string of the molecule is COc1ccc(C(=O)Nc2nn(Cc3ccccc3)cc2Cl)cc1OC. The van der Waals surface area contributed by atoms with Crippen molar-refractivity contribution in [3.05, 3.63) is 70.9 Å². The van der Waals surface area contributed by atoms with Gasteiger partial charge in [-0.3, -0.25) is 9.48 Å². The van der Waals surface area contributed by atoms with E-state index in [-0.39, 0.29) is 5.91 Å². The van der Waals surface area contributed by atoms with Gasteiger partial charge in [-0.05, 0) is 23.8 Å². The first-order chi connectivity index (χ1) is 12.6. The van der Waals surface area contributed by atoms with Gasteiger partial charge in [0.2, 0.25) is 0 Å². The van der Waals surface area contributed by atoms with Crippen LogP contribution in [0.25, 0.3) is 0 Å². The van der Waals surface area contributed by atoms with Crippen LogP contribution in [-0.2, 0) is 6.54 Å². The summed E-state index contributed by atoms with van der Waals surface area (Å²) in [5.41, 5.74) is 1.50. The average Bonchev–Trinajstić information content (AvgIpc) is 3.00. The van der Waals surface area contributed by atoms with Crippen molar-refractivity contribution in [3.63, 3.8) is 0 Å². The van der Waals surface area contributed by atoms with Crippen LogP contribution >= 0.6 is 11.6 Å². The molecule has 134 valence electrons. The maximum atomic E-state index is 12.5. The quantitative estimate of drug-likeness (QED) is 0.714. The van der Waals surface area contributed by atoms with Gasteiger partial charge in [0, 0.05) is 11.8 Å². The summed E-state index contributed by atoms with van der Waals surface area (Å²) in [6.07, 6.45) is 1.68. The Bertz CT molecular complexity index is 910. The Morgan fingerprint density at radius 1 is 1.12 bits per heavy atom. The second-order valence-electron chi connectivity index (χ2n) is 5.53. The number of nitrogens with one attached hydrogen (secondary N) is 1. The lowest BCUT2D eigenvalue weighted by atomic mass is 10.2. The molecule has 0 saturated heterocycles. The molecule has 0 bridgehead atoms. The Balaban J connectivity index is 1.75. The molecule has 6 nitrogen and oxygen atoms in total. The molecule has 3 rings (SSSR count). The molecular formula is C19H18ClN3O3. The number of benzene rings is 2. The van der Waals surface area contributed by atoms with E-state index in [1.54, 1.807) is 29.1 Å². The number of halogens is 1. The van der Waals surface area contributed by atoms with Crippen LogP contribution in [0.4, 0.5) is 5.82 Å². The predicted molar refractivity (Wildman–Crippen MR) is 100 cm³/mol. The lowest BCUT2D eigenvalue weighted by molar-refractivity contribution is 0.102. The number of carbonyl (C=O) groups is 1. The minimum absolute atomic E-state index is 0.308. The lowest BCUT2D eigenvalue weighted by Crippen LogP contribution is -2.13. The van der Waals surface area contributed by atoms with E-state index in [9.17, 15) is 4.79 Å². The third-order valence-corrected chi connectivity index (χ3v) is 4.06. The van der Waals surface area contributed by atoms with Gasteiger partial charge in [-0.2, -0.15) is 5.10 Å². The Morgan fingerprint density at radius 2 is 1.85 bits per heavy atom. The zero-order valence-corrected chi connectivity index (χ0v) is 15.2. The second kappa shape index (κ2) is 7.93. The molecule has 0 radical (unpaired) electrons. The van der Waals surface area contributed by atoms with Crippen LogP contribution in [0.5, 0.6) is 11.5 Å². The number of ether oxygens (including phenoxy) is 2. The van der Waals surface area contributed by atoms with Crippen molar-refractivity contribution in [3.8, 4) is 11.5 Å². The van der Waals surface area contributed by atoms with Crippen LogP contribution in [0.2, 0.25) is 5.02 Å². The number of hydrogen-bond donors (Lipinski definition) is 1. The highest BCUT2D eigenvalue weighted by Gasteiger charge is 2.15. The summed E-state index contributed by atoms with van der Waals surface area (Å²) in [5.74, 6) is 0.996. The van der Waals surface area contributed by atoms with Gasteiger partial charge in [-0.1, -0.05) is 41.9 Å². The summed E-state index contributed by atoms with van der Waals surface area (Å²) >= 11 is 6.21. The highest BCUT2D eigenvalue weighted by atomic mass is 35.5. The van der Waals surface area contributed by atoms with Gasteiger partial charge in [0.15, 0.2) is 17.3 Å². The minimum atomic E-state index is -0.335. The summed E-state index contributed by atoms with van der Waals surface area (Å²) in [7, 11) is 3.05. The molecule has 7 heteroatoms. The molecule has 0 saturated carbocycles. The highest BCUT2D eigenvalue weighted by Crippen LogP contribution is 2.28. The molecule has 1 aromatic heterocycles. The number of aromatic nitrogens is 2. The van der Waals surface area contributed by atoms with Crippen molar-refractivity contribution in [1.29, 1.82) is 0 Å². The smallest absolute Gasteiger partial charge is 0.257 e. The zero-order valence-electron chi connectivity index (χ0n) is 14.4. The predicted octanol–water partition coefficient (Wildman–Crippen LogP) is 3.85. The number of amides is 1. The van der Waals surface area contributed by atoms with Crippen LogP contribution in [0.3, 0.4) is 0 Å². The molecule has 0 aliphatic rings. The molecule has 26 heavy (non-hydrogen) atoms. The molecule has 1 heterocycles. The van der Waals surface area contributed by atoms with Gasteiger partial charge >= 0.3 is 0 Å². The summed E-state index contributed by atoms with van der Waals surface area (Å²) in [6, 6.07) is 14.8. The van der Waals surface area contributed by atoms with Crippen molar-refractivity contribution in [2.24, 2.45) is 0 Å². The van der Waals surface area contributed by atoms with Gasteiger partial charge in [0.1, 0.15) is 5.02 Å². The van der Waals surface area contributed by atoms with E-state index < -0.39 is 0 Å². The third-order valence-electron chi connectivity index (χ3n) is 3.78. The maximum absolute atomic E-state index is 12.5.